The molecule has 0 radical (unpaired) electrons. The molecule has 1 rings (SSSR count). The fourth-order valence-electron chi connectivity index (χ4n) is 1.55. The first-order valence-electron chi connectivity index (χ1n) is 6.49. The molecular weight excluding hydrogens is 236 g/mol. The summed E-state index contributed by atoms with van der Waals surface area (Å²) in [5.41, 5.74) is 6.74. The molecule has 1 aromatic carbocycles. The maximum absolute atomic E-state index is 12.3. The summed E-state index contributed by atoms with van der Waals surface area (Å²) in [7, 11) is 1.84. The van der Waals surface area contributed by atoms with Crippen LogP contribution in [0.1, 0.15) is 43.1 Å². The first-order valence-corrected chi connectivity index (χ1v) is 6.49. The summed E-state index contributed by atoms with van der Waals surface area (Å²) in [6, 6.07) is 7.32. The van der Waals surface area contributed by atoms with Gasteiger partial charge in [0.1, 0.15) is 0 Å². The molecule has 102 valence electrons. The Hall–Kier alpha value is -1.79. The van der Waals surface area contributed by atoms with Gasteiger partial charge in [0.25, 0.3) is 5.91 Å². The van der Waals surface area contributed by atoms with Crippen LogP contribution < -0.4 is 5.73 Å². The average molecular weight is 258 g/mol. The first kappa shape index (κ1) is 15.3. The monoisotopic (exact) mass is 258 g/mol. The molecule has 0 aliphatic rings. The van der Waals surface area contributed by atoms with Gasteiger partial charge in [-0.2, -0.15) is 0 Å². The summed E-state index contributed by atoms with van der Waals surface area (Å²) < 4.78 is 0. The van der Waals surface area contributed by atoms with Crippen molar-refractivity contribution in [3.05, 3.63) is 35.4 Å². The van der Waals surface area contributed by atoms with Gasteiger partial charge in [-0.3, -0.25) is 4.79 Å². The van der Waals surface area contributed by atoms with Crippen LogP contribution in [0.25, 0.3) is 0 Å². The molecule has 0 aromatic heterocycles. The molecule has 0 heterocycles. The molecule has 2 N–H and O–H groups in total. The van der Waals surface area contributed by atoms with Gasteiger partial charge in [-0.05, 0) is 44.5 Å². The number of hydrogen-bond acceptors (Lipinski definition) is 2. The van der Waals surface area contributed by atoms with Gasteiger partial charge < -0.3 is 10.6 Å². The minimum absolute atomic E-state index is 0.0326. The maximum Gasteiger partial charge on any atom is 0.254 e. The quantitative estimate of drug-likeness (QED) is 0.845. The molecule has 0 saturated heterocycles. The summed E-state index contributed by atoms with van der Waals surface area (Å²) in [6.45, 7) is 6.54. The predicted molar refractivity (Wildman–Crippen MR) is 78.8 cm³/mol. The lowest BCUT2D eigenvalue weighted by atomic mass is 9.98. The number of benzene rings is 1. The number of nitrogens with zero attached hydrogens (tertiary/aromatic N) is 1. The Balaban J connectivity index is 2.89. The fraction of sp³-hybridized carbons (Fsp3) is 0.438. The molecule has 0 bridgehead atoms. The van der Waals surface area contributed by atoms with Crippen LogP contribution in [0.3, 0.4) is 0 Å². The van der Waals surface area contributed by atoms with Crippen LogP contribution in [0.2, 0.25) is 0 Å². The zero-order valence-electron chi connectivity index (χ0n) is 12.2. The second-order valence-corrected chi connectivity index (χ2v) is 5.11. The van der Waals surface area contributed by atoms with Gasteiger partial charge >= 0.3 is 0 Å². The summed E-state index contributed by atoms with van der Waals surface area (Å²) in [5.74, 6) is 5.77. The minimum atomic E-state index is -0.144. The van der Waals surface area contributed by atoms with Crippen LogP contribution in [0.4, 0.5) is 0 Å². The van der Waals surface area contributed by atoms with E-state index in [1.807, 2.05) is 31.3 Å². The van der Waals surface area contributed by atoms with Gasteiger partial charge in [0.15, 0.2) is 0 Å². The highest BCUT2D eigenvalue weighted by molar-refractivity contribution is 5.94. The maximum atomic E-state index is 12.3. The number of carbonyl (C=O) groups is 1. The van der Waals surface area contributed by atoms with E-state index >= 15 is 0 Å². The molecule has 0 atom stereocenters. The molecule has 1 amide bonds. The van der Waals surface area contributed by atoms with E-state index in [9.17, 15) is 4.79 Å². The Morgan fingerprint density at radius 2 is 1.89 bits per heavy atom. The smallest absolute Gasteiger partial charge is 0.254 e. The SMILES string of the molecule is CCC(C)(C)N(C)C(=O)c1ccc(C#CCN)cc1. The van der Waals surface area contributed by atoms with Crippen LogP contribution in [0.5, 0.6) is 0 Å². The molecular formula is C16H22N2O. The molecule has 3 heteroatoms. The molecule has 3 nitrogen and oxygen atoms in total. The van der Waals surface area contributed by atoms with Crippen molar-refractivity contribution in [2.75, 3.05) is 13.6 Å². The van der Waals surface area contributed by atoms with Crippen molar-refractivity contribution in [3.8, 4) is 11.8 Å². The lowest BCUT2D eigenvalue weighted by Crippen LogP contribution is -2.44. The van der Waals surface area contributed by atoms with E-state index in [0.29, 0.717) is 12.1 Å². The van der Waals surface area contributed by atoms with E-state index in [2.05, 4.69) is 32.6 Å². The standard InChI is InChI=1S/C16H22N2O/c1-5-16(2,3)18(4)15(19)14-10-8-13(9-11-14)7-6-12-17/h8-11H,5,12,17H2,1-4H3. The zero-order chi connectivity index (χ0) is 14.5. The predicted octanol–water partition coefficient (Wildman–Crippen LogP) is 2.26. The van der Waals surface area contributed by atoms with Crippen molar-refractivity contribution in [2.24, 2.45) is 5.73 Å². The normalized spacial score (nSPS) is 10.6. The molecule has 0 unspecified atom stereocenters. The number of amides is 1. The Labute approximate surface area is 115 Å². The van der Waals surface area contributed by atoms with Crippen molar-refractivity contribution in [3.63, 3.8) is 0 Å². The van der Waals surface area contributed by atoms with E-state index in [0.717, 1.165) is 12.0 Å². The van der Waals surface area contributed by atoms with Crippen molar-refractivity contribution in [1.82, 2.24) is 4.90 Å². The Morgan fingerprint density at radius 1 is 1.32 bits per heavy atom. The molecule has 1 aromatic rings. The van der Waals surface area contributed by atoms with Crippen LogP contribution >= 0.6 is 0 Å². The summed E-state index contributed by atoms with van der Waals surface area (Å²) >= 11 is 0. The topological polar surface area (TPSA) is 46.3 Å². The van der Waals surface area contributed by atoms with Gasteiger partial charge in [0, 0.05) is 23.7 Å². The van der Waals surface area contributed by atoms with Crippen LogP contribution in [0.15, 0.2) is 24.3 Å². The van der Waals surface area contributed by atoms with Gasteiger partial charge in [-0.1, -0.05) is 18.8 Å². The van der Waals surface area contributed by atoms with Crippen molar-refractivity contribution in [1.29, 1.82) is 0 Å². The van der Waals surface area contributed by atoms with Crippen molar-refractivity contribution < 1.29 is 4.79 Å². The molecule has 0 saturated carbocycles. The first-order chi connectivity index (χ1) is 8.92. The van der Waals surface area contributed by atoms with E-state index in [4.69, 9.17) is 5.73 Å². The third-order valence-corrected chi connectivity index (χ3v) is 3.54. The number of rotatable bonds is 3. The Kier molecular flexibility index (Phi) is 5.14. The fourth-order valence-corrected chi connectivity index (χ4v) is 1.55. The Bertz CT molecular complexity index is 492. The third kappa shape index (κ3) is 3.84. The number of hydrogen-bond donors (Lipinski definition) is 1. The average Bonchev–Trinajstić information content (AvgIpc) is 2.44. The van der Waals surface area contributed by atoms with Crippen molar-refractivity contribution in [2.45, 2.75) is 32.7 Å². The van der Waals surface area contributed by atoms with E-state index in [-0.39, 0.29) is 11.4 Å². The molecule has 0 spiro atoms. The van der Waals surface area contributed by atoms with E-state index in [1.54, 1.807) is 4.90 Å². The highest BCUT2D eigenvalue weighted by Crippen LogP contribution is 2.19. The highest BCUT2D eigenvalue weighted by Gasteiger charge is 2.26. The largest absolute Gasteiger partial charge is 0.337 e. The zero-order valence-corrected chi connectivity index (χ0v) is 12.2. The van der Waals surface area contributed by atoms with Crippen LogP contribution in [0, 0.1) is 11.8 Å². The lowest BCUT2D eigenvalue weighted by Gasteiger charge is -2.34. The summed E-state index contributed by atoms with van der Waals surface area (Å²) in [6.07, 6.45) is 0.912. The molecule has 0 aliphatic carbocycles. The van der Waals surface area contributed by atoms with Gasteiger partial charge in [0.05, 0.1) is 6.54 Å². The molecule has 0 fully saturated rings. The lowest BCUT2D eigenvalue weighted by molar-refractivity contribution is 0.0620. The van der Waals surface area contributed by atoms with Crippen molar-refractivity contribution >= 4 is 5.91 Å². The minimum Gasteiger partial charge on any atom is -0.337 e. The molecule has 0 aliphatic heterocycles. The number of nitrogens with two attached hydrogens (primary N) is 1. The van der Waals surface area contributed by atoms with Crippen LogP contribution in [-0.2, 0) is 0 Å². The van der Waals surface area contributed by atoms with Gasteiger partial charge in [-0.25, -0.2) is 0 Å². The Morgan fingerprint density at radius 3 is 2.37 bits per heavy atom. The third-order valence-electron chi connectivity index (χ3n) is 3.54. The summed E-state index contributed by atoms with van der Waals surface area (Å²) in [4.78, 5) is 14.1. The second-order valence-electron chi connectivity index (χ2n) is 5.11. The van der Waals surface area contributed by atoms with Crippen LogP contribution in [-0.4, -0.2) is 29.9 Å². The van der Waals surface area contributed by atoms with Gasteiger partial charge in [0.2, 0.25) is 0 Å². The highest BCUT2D eigenvalue weighted by atomic mass is 16.2. The van der Waals surface area contributed by atoms with E-state index < -0.39 is 0 Å². The van der Waals surface area contributed by atoms with E-state index in [1.165, 1.54) is 0 Å². The second kappa shape index (κ2) is 6.40. The van der Waals surface area contributed by atoms with Gasteiger partial charge in [-0.15, -0.1) is 0 Å². The molecule has 19 heavy (non-hydrogen) atoms. The number of carbonyl (C=O) groups excluding carboxylic acids is 1. The summed E-state index contributed by atoms with van der Waals surface area (Å²) in [5, 5.41) is 0.